The molecule has 1 amide bonds. The molecule has 26 heavy (non-hydrogen) atoms. The van der Waals surface area contributed by atoms with Crippen LogP contribution in [0, 0.1) is 6.92 Å². The molecular formula is C20H20N4OS. The molecule has 4 rings (SSSR count). The van der Waals surface area contributed by atoms with Crippen LogP contribution in [0.1, 0.15) is 28.4 Å². The van der Waals surface area contributed by atoms with Crippen LogP contribution in [0.5, 0.6) is 0 Å². The third-order valence-electron chi connectivity index (χ3n) is 4.62. The fourth-order valence-corrected chi connectivity index (χ4v) is 3.97. The summed E-state index contributed by atoms with van der Waals surface area (Å²) < 4.78 is 1.87. The Morgan fingerprint density at radius 3 is 2.62 bits per heavy atom. The molecule has 132 valence electrons. The van der Waals surface area contributed by atoms with E-state index in [1.54, 1.807) is 16.8 Å². The number of rotatable bonds is 3. The van der Waals surface area contributed by atoms with Gasteiger partial charge in [-0.1, -0.05) is 55.1 Å². The molecular weight excluding hydrogens is 344 g/mol. The molecule has 0 N–H and O–H groups in total. The number of carbonyl (C=O) groups excluding carboxylic acids is 1. The number of nitrogens with zero attached hydrogens (tertiary/aromatic N) is 4. The van der Waals surface area contributed by atoms with Crippen LogP contribution in [0.2, 0.25) is 0 Å². The van der Waals surface area contributed by atoms with Gasteiger partial charge in [0.05, 0.1) is 6.54 Å². The Bertz CT molecular complexity index is 949. The highest BCUT2D eigenvalue weighted by molar-refractivity contribution is 7.99. The lowest BCUT2D eigenvalue weighted by Gasteiger charge is -2.29. The molecule has 0 unspecified atom stereocenters. The SMILES string of the molecule is CCc1ccc(C(=O)N2CCSc3nnc(-c4ccccc4C)n32)cc1. The summed E-state index contributed by atoms with van der Waals surface area (Å²) in [4.78, 5) is 13.2. The summed E-state index contributed by atoms with van der Waals surface area (Å²) >= 11 is 1.63. The number of hydrogen-bond acceptors (Lipinski definition) is 4. The van der Waals surface area contributed by atoms with Crippen molar-refractivity contribution in [2.24, 2.45) is 0 Å². The molecule has 0 bridgehead atoms. The van der Waals surface area contributed by atoms with Crippen LogP contribution in [0.25, 0.3) is 11.4 Å². The summed E-state index contributed by atoms with van der Waals surface area (Å²) in [6.45, 7) is 4.78. The molecule has 6 heteroatoms. The molecule has 0 fully saturated rings. The number of fused-ring (bicyclic) bond motifs is 1. The lowest BCUT2D eigenvalue weighted by molar-refractivity contribution is 0.0956. The van der Waals surface area contributed by atoms with Gasteiger partial charge in [0.1, 0.15) is 0 Å². The zero-order chi connectivity index (χ0) is 18.1. The van der Waals surface area contributed by atoms with Crippen molar-refractivity contribution in [2.75, 3.05) is 17.3 Å². The average Bonchev–Trinajstić information content (AvgIpc) is 3.12. The maximum atomic E-state index is 13.2. The molecule has 3 aromatic rings. The topological polar surface area (TPSA) is 51.0 Å². The van der Waals surface area contributed by atoms with Crippen LogP contribution in [-0.4, -0.2) is 33.1 Å². The average molecular weight is 364 g/mol. The minimum atomic E-state index is -0.0242. The fourth-order valence-electron chi connectivity index (χ4n) is 3.11. The van der Waals surface area contributed by atoms with Crippen LogP contribution in [0.15, 0.2) is 53.7 Å². The van der Waals surface area contributed by atoms with E-state index in [0.29, 0.717) is 17.9 Å². The first-order chi connectivity index (χ1) is 12.7. The molecule has 0 spiro atoms. The zero-order valence-corrected chi connectivity index (χ0v) is 15.7. The van der Waals surface area contributed by atoms with E-state index >= 15 is 0 Å². The molecule has 0 saturated heterocycles. The van der Waals surface area contributed by atoms with Crippen molar-refractivity contribution in [3.63, 3.8) is 0 Å². The van der Waals surface area contributed by atoms with Crippen LogP contribution in [-0.2, 0) is 6.42 Å². The highest BCUT2D eigenvalue weighted by Crippen LogP contribution is 2.29. The van der Waals surface area contributed by atoms with Crippen molar-refractivity contribution in [2.45, 2.75) is 25.4 Å². The van der Waals surface area contributed by atoms with Gasteiger partial charge in [0.25, 0.3) is 5.91 Å². The van der Waals surface area contributed by atoms with E-state index in [9.17, 15) is 4.79 Å². The number of aryl methyl sites for hydroxylation is 2. The Balaban J connectivity index is 1.76. The molecule has 0 radical (unpaired) electrons. The van der Waals surface area contributed by atoms with Crippen molar-refractivity contribution in [3.05, 3.63) is 65.2 Å². The van der Waals surface area contributed by atoms with Gasteiger partial charge >= 0.3 is 0 Å². The molecule has 0 aliphatic carbocycles. The second kappa shape index (κ2) is 6.96. The predicted molar refractivity (Wildman–Crippen MR) is 104 cm³/mol. The summed E-state index contributed by atoms with van der Waals surface area (Å²) in [6.07, 6.45) is 0.960. The first-order valence-corrected chi connectivity index (χ1v) is 9.73. The number of carbonyl (C=O) groups is 1. The van der Waals surface area contributed by atoms with Crippen molar-refractivity contribution in [1.29, 1.82) is 0 Å². The second-order valence-corrected chi connectivity index (χ2v) is 7.32. The van der Waals surface area contributed by atoms with E-state index in [4.69, 9.17) is 0 Å². The lowest BCUT2D eigenvalue weighted by Crippen LogP contribution is -2.45. The van der Waals surface area contributed by atoms with Gasteiger partial charge in [-0.25, -0.2) is 9.69 Å². The van der Waals surface area contributed by atoms with Gasteiger partial charge in [0.15, 0.2) is 5.82 Å². The van der Waals surface area contributed by atoms with Crippen molar-refractivity contribution < 1.29 is 4.79 Å². The monoisotopic (exact) mass is 364 g/mol. The Kier molecular flexibility index (Phi) is 4.51. The predicted octanol–water partition coefficient (Wildman–Crippen LogP) is 3.70. The Hall–Kier alpha value is -2.60. The van der Waals surface area contributed by atoms with Gasteiger partial charge in [-0.3, -0.25) is 4.79 Å². The van der Waals surface area contributed by atoms with E-state index < -0.39 is 0 Å². The summed E-state index contributed by atoms with van der Waals surface area (Å²) in [5.74, 6) is 1.50. The highest BCUT2D eigenvalue weighted by atomic mass is 32.2. The minimum absolute atomic E-state index is 0.0242. The Morgan fingerprint density at radius 2 is 1.88 bits per heavy atom. The number of benzene rings is 2. The maximum absolute atomic E-state index is 13.2. The zero-order valence-electron chi connectivity index (χ0n) is 14.8. The van der Waals surface area contributed by atoms with Crippen molar-refractivity contribution in [1.82, 2.24) is 14.9 Å². The Morgan fingerprint density at radius 1 is 1.12 bits per heavy atom. The largest absolute Gasteiger partial charge is 0.272 e. The normalized spacial score (nSPS) is 13.5. The molecule has 2 aromatic carbocycles. The van der Waals surface area contributed by atoms with Gasteiger partial charge in [-0.15, -0.1) is 10.2 Å². The smallest absolute Gasteiger partial charge is 0.267 e. The molecule has 1 aromatic heterocycles. The van der Waals surface area contributed by atoms with Gasteiger partial charge in [-0.2, -0.15) is 0 Å². The lowest BCUT2D eigenvalue weighted by atomic mass is 10.1. The number of aromatic nitrogens is 3. The van der Waals surface area contributed by atoms with Gasteiger partial charge < -0.3 is 0 Å². The number of hydrogen-bond donors (Lipinski definition) is 0. The molecule has 1 aliphatic heterocycles. The van der Waals surface area contributed by atoms with E-state index in [1.807, 2.05) is 60.1 Å². The molecule has 1 aliphatic rings. The first-order valence-electron chi connectivity index (χ1n) is 8.74. The standard InChI is InChI=1S/C20H20N4OS/c1-3-15-8-10-16(11-9-15)19(25)23-12-13-26-20-22-21-18(24(20)23)17-7-5-4-6-14(17)2/h4-11H,3,12-13H2,1-2H3. The van der Waals surface area contributed by atoms with E-state index in [-0.39, 0.29) is 5.91 Å². The highest BCUT2D eigenvalue weighted by Gasteiger charge is 2.29. The quantitative estimate of drug-likeness (QED) is 0.711. The van der Waals surface area contributed by atoms with Crippen LogP contribution in [0.4, 0.5) is 0 Å². The minimum Gasteiger partial charge on any atom is -0.267 e. The Labute approximate surface area is 157 Å². The summed E-state index contributed by atoms with van der Waals surface area (Å²) in [7, 11) is 0. The van der Waals surface area contributed by atoms with E-state index in [0.717, 1.165) is 28.5 Å². The van der Waals surface area contributed by atoms with Crippen LogP contribution < -0.4 is 5.01 Å². The van der Waals surface area contributed by atoms with Gasteiger partial charge in [-0.05, 0) is 36.6 Å². The summed E-state index contributed by atoms with van der Waals surface area (Å²) in [6, 6.07) is 15.9. The second-order valence-electron chi connectivity index (χ2n) is 6.26. The van der Waals surface area contributed by atoms with Gasteiger partial charge in [0.2, 0.25) is 5.16 Å². The fraction of sp³-hybridized carbons (Fsp3) is 0.250. The maximum Gasteiger partial charge on any atom is 0.272 e. The number of amides is 1. The molecule has 5 nitrogen and oxygen atoms in total. The van der Waals surface area contributed by atoms with Crippen LogP contribution >= 0.6 is 11.8 Å². The van der Waals surface area contributed by atoms with Gasteiger partial charge in [0, 0.05) is 16.9 Å². The third-order valence-corrected chi connectivity index (χ3v) is 5.52. The van der Waals surface area contributed by atoms with Crippen molar-refractivity contribution >= 4 is 17.7 Å². The summed E-state index contributed by atoms with van der Waals surface area (Å²) in [5, 5.41) is 11.2. The molecule has 0 atom stereocenters. The van der Waals surface area contributed by atoms with E-state index in [1.165, 1.54) is 5.56 Å². The summed E-state index contributed by atoms with van der Waals surface area (Å²) in [5.41, 5.74) is 4.01. The van der Waals surface area contributed by atoms with Crippen LogP contribution in [0.3, 0.4) is 0 Å². The molecule has 0 saturated carbocycles. The van der Waals surface area contributed by atoms with E-state index in [2.05, 4.69) is 17.1 Å². The first kappa shape index (κ1) is 16.8. The number of thioether (sulfide) groups is 1. The molecule has 2 heterocycles. The van der Waals surface area contributed by atoms with Crippen molar-refractivity contribution in [3.8, 4) is 11.4 Å². The third kappa shape index (κ3) is 2.90.